The third kappa shape index (κ3) is 6.43. The van der Waals surface area contributed by atoms with Crippen molar-refractivity contribution >= 4 is 35.1 Å². The topological polar surface area (TPSA) is 97.0 Å². The van der Waals surface area contributed by atoms with Crippen LogP contribution in [0.2, 0.25) is 0 Å². The van der Waals surface area contributed by atoms with Crippen molar-refractivity contribution in [3.8, 4) is 0 Å². The molecule has 0 bridgehead atoms. The van der Waals surface area contributed by atoms with Crippen molar-refractivity contribution in [1.29, 1.82) is 0 Å². The van der Waals surface area contributed by atoms with Crippen LogP contribution in [-0.2, 0) is 23.9 Å². The van der Waals surface area contributed by atoms with Crippen LogP contribution in [0.3, 0.4) is 0 Å². The number of benzene rings is 2. The monoisotopic (exact) mass is 495 g/mol. The molecule has 9 heteroatoms. The van der Waals surface area contributed by atoms with E-state index in [2.05, 4.69) is 10.6 Å². The molecular weight excluding hydrogens is 466 g/mol. The van der Waals surface area contributed by atoms with E-state index in [9.17, 15) is 14.4 Å². The quantitative estimate of drug-likeness (QED) is 0.449. The molecule has 2 unspecified atom stereocenters. The molecule has 2 N–H and O–H groups in total. The van der Waals surface area contributed by atoms with Crippen LogP contribution in [0.4, 0.5) is 0 Å². The molecule has 0 aliphatic carbocycles. The maximum Gasteiger partial charge on any atom is 0.308 e. The van der Waals surface area contributed by atoms with Gasteiger partial charge in [0.15, 0.2) is 5.11 Å². The van der Waals surface area contributed by atoms with Crippen LogP contribution in [-0.4, -0.2) is 66.2 Å². The molecule has 0 radical (unpaired) electrons. The van der Waals surface area contributed by atoms with E-state index >= 15 is 0 Å². The predicted molar refractivity (Wildman–Crippen MR) is 134 cm³/mol. The van der Waals surface area contributed by atoms with Crippen molar-refractivity contribution in [2.75, 3.05) is 26.3 Å². The van der Waals surface area contributed by atoms with Gasteiger partial charge in [0.05, 0.1) is 18.4 Å². The van der Waals surface area contributed by atoms with E-state index < -0.39 is 17.9 Å². The van der Waals surface area contributed by atoms with Crippen LogP contribution in [0, 0.1) is 0 Å². The van der Waals surface area contributed by atoms with Crippen LogP contribution >= 0.6 is 12.2 Å². The minimum atomic E-state index is -0.861. The number of thiocarbonyl (C=S) groups is 1. The summed E-state index contributed by atoms with van der Waals surface area (Å²) in [6, 6.07) is 18.0. The molecule has 2 aromatic carbocycles. The van der Waals surface area contributed by atoms with Gasteiger partial charge in [0.25, 0.3) is 0 Å². The molecule has 2 aliphatic rings. The highest BCUT2D eigenvalue weighted by Crippen LogP contribution is 2.25. The standard InChI is InChI=1S/C26H29N3O5S/c30-22(34-17-20-12-7-15-33-20)16-21-24(31)27-13-14-29(21)26(35)28-25(32)23(18-8-3-1-4-9-18)19-10-5-2-6-11-19/h1-6,8-11,20-21,23H,7,12-17H2,(H,27,31)(H,28,32,35). The lowest BCUT2D eigenvalue weighted by Crippen LogP contribution is -2.60. The molecule has 2 fully saturated rings. The normalized spacial score (nSPS) is 19.8. The minimum absolute atomic E-state index is 0.0940. The second-order valence-electron chi connectivity index (χ2n) is 8.57. The first-order chi connectivity index (χ1) is 17.0. The Kier molecular flexibility index (Phi) is 8.44. The Bertz CT molecular complexity index is 1000. The summed E-state index contributed by atoms with van der Waals surface area (Å²) in [7, 11) is 0. The molecule has 2 aromatic rings. The zero-order chi connectivity index (χ0) is 24.6. The summed E-state index contributed by atoms with van der Waals surface area (Å²) in [4.78, 5) is 40.1. The Morgan fingerprint density at radius 1 is 1.11 bits per heavy atom. The summed E-state index contributed by atoms with van der Waals surface area (Å²) in [5, 5.41) is 5.69. The first-order valence-electron chi connectivity index (χ1n) is 11.8. The maximum absolute atomic E-state index is 13.4. The largest absolute Gasteiger partial charge is 0.463 e. The van der Waals surface area contributed by atoms with Crippen LogP contribution in [0.15, 0.2) is 60.7 Å². The fraction of sp³-hybridized carbons (Fsp3) is 0.385. The average molecular weight is 496 g/mol. The highest BCUT2D eigenvalue weighted by molar-refractivity contribution is 7.80. The summed E-state index contributed by atoms with van der Waals surface area (Å²) in [5.74, 6) is -1.72. The Morgan fingerprint density at radius 2 is 1.77 bits per heavy atom. The third-order valence-electron chi connectivity index (χ3n) is 6.16. The van der Waals surface area contributed by atoms with Gasteiger partial charge >= 0.3 is 5.97 Å². The zero-order valence-electron chi connectivity index (χ0n) is 19.4. The first-order valence-corrected chi connectivity index (χ1v) is 12.2. The van der Waals surface area contributed by atoms with Crippen molar-refractivity contribution < 1.29 is 23.9 Å². The maximum atomic E-state index is 13.4. The Balaban J connectivity index is 1.44. The molecule has 184 valence electrons. The molecule has 2 atom stereocenters. The summed E-state index contributed by atoms with van der Waals surface area (Å²) >= 11 is 5.55. The molecule has 0 spiro atoms. The Morgan fingerprint density at radius 3 is 2.37 bits per heavy atom. The highest BCUT2D eigenvalue weighted by Gasteiger charge is 2.35. The van der Waals surface area contributed by atoms with Gasteiger partial charge in [0.2, 0.25) is 11.8 Å². The van der Waals surface area contributed by atoms with Crippen molar-refractivity contribution in [3.05, 3.63) is 71.8 Å². The van der Waals surface area contributed by atoms with Crippen molar-refractivity contribution in [2.24, 2.45) is 0 Å². The predicted octanol–water partition coefficient (Wildman–Crippen LogP) is 2.13. The number of carbonyl (C=O) groups excluding carboxylic acids is 3. The number of amides is 2. The number of piperazine rings is 1. The van der Waals surface area contributed by atoms with Gasteiger partial charge in [-0.1, -0.05) is 60.7 Å². The van der Waals surface area contributed by atoms with Gasteiger partial charge in [0.1, 0.15) is 12.6 Å². The number of hydrogen-bond donors (Lipinski definition) is 2. The molecule has 2 amide bonds. The SMILES string of the molecule is O=C(CC1C(=O)NCCN1C(=S)NC(=O)C(c1ccccc1)c1ccccc1)OCC1CCCO1. The van der Waals surface area contributed by atoms with Crippen LogP contribution in [0.1, 0.15) is 36.3 Å². The molecule has 35 heavy (non-hydrogen) atoms. The lowest BCUT2D eigenvalue weighted by atomic mass is 9.90. The van der Waals surface area contributed by atoms with Gasteiger partial charge in [-0.3, -0.25) is 14.4 Å². The minimum Gasteiger partial charge on any atom is -0.463 e. The summed E-state index contributed by atoms with van der Waals surface area (Å²) < 4.78 is 10.8. The van der Waals surface area contributed by atoms with E-state index in [1.54, 1.807) is 4.90 Å². The number of carbonyl (C=O) groups is 3. The smallest absolute Gasteiger partial charge is 0.308 e. The number of rotatable bonds is 7. The molecule has 0 saturated carbocycles. The summed E-state index contributed by atoms with van der Waals surface area (Å²) in [6.07, 6.45) is 1.53. The van der Waals surface area contributed by atoms with E-state index in [1.807, 2.05) is 60.7 Å². The molecule has 2 saturated heterocycles. The van der Waals surface area contributed by atoms with Gasteiger partial charge in [0, 0.05) is 19.7 Å². The van der Waals surface area contributed by atoms with Gasteiger partial charge in [-0.05, 0) is 36.2 Å². The average Bonchev–Trinajstić information content (AvgIpc) is 3.39. The van der Waals surface area contributed by atoms with E-state index in [-0.39, 0.29) is 36.1 Å². The zero-order valence-corrected chi connectivity index (χ0v) is 20.2. The fourth-order valence-electron chi connectivity index (χ4n) is 4.37. The molecule has 0 aromatic heterocycles. The molecule has 4 rings (SSSR count). The van der Waals surface area contributed by atoms with E-state index in [4.69, 9.17) is 21.7 Å². The number of esters is 1. The number of hydrogen-bond acceptors (Lipinski definition) is 6. The highest BCUT2D eigenvalue weighted by atomic mass is 32.1. The second-order valence-corrected chi connectivity index (χ2v) is 8.96. The third-order valence-corrected chi connectivity index (χ3v) is 6.50. The van der Waals surface area contributed by atoms with E-state index in [0.29, 0.717) is 19.7 Å². The molecule has 2 aliphatic heterocycles. The number of ether oxygens (including phenoxy) is 2. The second kappa shape index (κ2) is 11.9. The Hall–Kier alpha value is -3.30. The van der Waals surface area contributed by atoms with Crippen LogP contribution < -0.4 is 10.6 Å². The van der Waals surface area contributed by atoms with Gasteiger partial charge in [-0.2, -0.15) is 0 Å². The summed E-state index contributed by atoms with van der Waals surface area (Å²) in [5.41, 5.74) is 1.65. The van der Waals surface area contributed by atoms with Gasteiger partial charge in [-0.15, -0.1) is 0 Å². The van der Waals surface area contributed by atoms with E-state index in [1.165, 1.54) is 0 Å². The fourth-order valence-corrected chi connectivity index (χ4v) is 4.69. The lowest BCUT2D eigenvalue weighted by Gasteiger charge is -2.36. The first kappa shape index (κ1) is 24.8. The molecule has 2 heterocycles. The Labute approximate surface area is 210 Å². The van der Waals surface area contributed by atoms with Crippen molar-refractivity contribution in [1.82, 2.24) is 15.5 Å². The van der Waals surface area contributed by atoms with Crippen molar-refractivity contribution in [3.63, 3.8) is 0 Å². The number of nitrogens with one attached hydrogen (secondary N) is 2. The van der Waals surface area contributed by atoms with Crippen LogP contribution in [0.5, 0.6) is 0 Å². The van der Waals surface area contributed by atoms with Crippen molar-refractivity contribution in [2.45, 2.75) is 37.3 Å². The van der Waals surface area contributed by atoms with Gasteiger partial charge < -0.3 is 25.0 Å². The molecular formula is C26H29N3O5S. The molecule has 8 nitrogen and oxygen atoms in total. The lowest BCUT2D eigenvalue weighted by molar-refractivity contribution is -0.150. The van der Waals surface area contributed by atoms with Crippen LogP contribution in [0.25, 0.3) is 0 Å². The van der Waals surface area contributed by atoms with Gasteiger partial charge in [-0.25, -0.2) is 0 Å². The van der Waals surface area contributed by atoms with E-state index in [0.717, 1.165) is 24.0 Å². The summed E-state index contributed by atoms with van der Waals surface area (Å²) in [6.45, 7) is 1.57. The number of nitrogens with zero attached hydrogens (tertiary/aromatic N) is 1.